The van der Waals surface area contributed by atoms with Gasteiger partial charge in [0.2, 0.25) is 0 Å². The van der Waals surface area contributed by atoms with Gasteiger partial charge in [0, 0.05) is 41.8 Å². The average molecular weight is 415 g/mol. The molecule has 0 aliphatic heterocycles. The normalized spacial score (nSPS) is 12.8. The van der Waals surface area contributed by atoms with Crippen molar-refractivity contribution in [3.05, 3.63) is 63.0 Å². The Morgan fingerprint density at radius 1 is 1.14 bits per heavy atom. The average Bonchev–Trinajstić information content (AvgIpc) is 3.07. The second-order valence-electron chi connectivity index (χ2n) is 6.82. The molecule has 2 heterocycles. The first-order valence-corrected chi connectivity index (χ1v) is 9.91. The van der Waals surface area contributed by atoms with Crippen LogP contribution in [-0.4, -0.2) is 20.7 Å². The number of benzene rings is 2. The summed E-state index contributed by atoms with van der Waals surface area (Å²) >= 11 is 12.4. The van der Waals surface area contributed by atoms with Crippen LogP contribution in [0, 0.1) is 0 Å². The molecule has 4 rings (SSSR count). The molecule has 0 aliphatic carbocycles. The van der Waals surface area contributed by atoms with Crippen LogP contribution < -0.4 is 11.3 Å². The molecule has 7 heteroatoms. The van der Waals surface area contributed by atoms with Gasteiger partial charge in [0.15, 0.2) is 0 Å². The molecule has 0 fully saturated rings. The lowest BCUT2D eigenvalue weighted by Gasteiger charge is -2.18. The SMILES string of the molecule is CCn1cc(-c2nc3cc(Cl)c(Cl)cc3n(C(C)CN)c2=O)c2ccccc21. The Balaban J connectivity index is 2.13. The van der Waals surface area contributed by atoms with Crippen molar-refractivity contribution in [1.29, 1.82) is 0 Å². The summed E-state index contributed by atoms with van der Waals surface area (Å²) in [5, 5.41) is 1.76. The van der Waals surface area contributed by atoms with Crippen molar-refractivity contribution in [2.75, 3.05) is 6.54 Å². The van der Waals surface area contributed by atoms with Crippen LogP contribution in [-0.2, 0) is 6.54 Å². The molecule has 144 valence electrons. The van der Waals surface area contributed by atoms with E-state index in [9.17, 15) is 4.79 Å². The molecule has 0 bridgehead atoms. The van der Waals surface area contributed by atoms with Crippen LogP contribution >= 0.6 is 23.2 Å². The predicted octanol–water partition coefficient (Wildman–Crippen LogP) is 4.86. The molecule has 4 aromatic rings. The van der Waals surface area contributed by atoms with Gasteiger partial charge < -0.3 is 14.9 Å². The van der Waals surface area contributed by atoms with E-state index in [0.29, 0.717) is 33.3 Å². The third-order valence-corrected chi connectivity index (χ3v) is 5.82. The minimum absolute atomic E-state index is 0.192. The van der Waals surface area contributed by atoms with Gasteiger partial charge in [-0.25, -0.2) is 4.98 Å². The molecule has 0 aliphatic rings. The maximum atomic E-state index is 13.5. The van der Waals surface area contributed by atoms with E-state index in [1.54, 1.807) is 16.7 Å². The molecule has 2 aromatic carbocycles. The van der Waals surface area contributed by atoms with Crippen molar-refractivity contribution in [3.63, 3.8) is 0 Å². The van der Waals surface area contributed by atoms with Gasteiger partial charge in [-0.1, -0.05) is 41.4 Å². The Morgan fingerprint density at radius 2 is 1.86 bits per heavy atom. The van der Waals surface area contributed by atoms with Crippen molar-refractivity contribution in [3.8, 4) is 11.3 Å². The quantitative estimate of drug-likeness (QED) is 0.518. The standard InChI is InChI=1S/C21H20Cl2N4O/c1-3-26-11-14(13-6-4-5-7-18(13)26)20-21(28)27(12(2)10-24)19-9-16(23)15(22)8-17(19)25-20/h4-9,11-12H,3,10,24H2,1-2H3. The summed E-state index contributed by atoms with van der Waals surface area (Å²) in [5.41, 5.74) is 9.18. The smallest absolute Gasteiger partial charge is 0.277 e. The van der Waals surface area contributed by atoms with Gasteiger partial charge in [0.1, 0.15) is 5.69 Å². The highest BCUT2D eigenvalue weighted by molar-refractivity contribution is 6.42. The Labute approximate surface area is 172 Å². The molecule has 2 aromatic heterocycles. The number of nitrogens with zero attached hydrogens (tertiary/aromatic N) is 3. The molecule has 5 nitrogen and oxygen atoms in total. The number of hydrogen-bond acceptors (Lipinski definition) is 3. The van der Waals surface area contributed by atoms with E-state index in [1.807, 2.05) is 37.4 Å². The van der Waals surface area contributed by atoms with E-state index < -0.39 is 0 Å². The zero-order chi connectivity index (χ0) is 20.0. The van der Waals surface area contributed by atoms with Crippen molar-refractivity contribution >= 4 is 45.1 Å². The fourth-order valence-corrected chi connectivity index (χ4v) is 3.93. The summed E-state index contributed by atoms with van der Waals surface area (Å²) in [4.78, 5) is 18.2. The maximum absolute atomic E-state index is 13.5. The summed E-state index contributed by atoms with van der Waals surface area (Å²) < 4.78 is 3.78. The minimum atomic E-state index is -0.214. The van der Waals surface area contributed by atoms with Crippen LogP contribution in [0.4, 0.5) is 0 Å². The molecule has 2 N–H and O–H groups in total. The van der Waals surface area contributed by atoms with E-state index >= 15 is 0 Å². The van der Waals surface area contributed by atoms with Gasteiger partial charge in [0.05, 0.1) is 21.1 Å². The Bertz CT molecular complexity index is 1260. The van der Waals surface area contributed by atoms with Gasteiger partial charge in [0.25, 0.3) is 5.56 Å². The number of para-hydroxylation sites is 1. The fourth-order valence-electron chi connectivity index (χ4n) is 3.62. The molecule has 28 heavy (non-hydrogen) atoms. The number of fused-ring (bicyclic) bond motifs is 2. The molecular formula is C21H20Cl2N4O. The zero-order valence-corrected chi connectivity index (χ0v) is 17.1. The van der Waals surface area contributed by atoms with E-state index in [2.05, 4.69) is 11.5 Å². The van der Waals surface area contributed by atoms with Crippen LogP contribution in [0.15, 0.2) is 47.4 Å². The van der Waals surface area contributed by atoms with Crippen molar-refractivity contribution < 1.29 is 0 Å². The van der Waals surface area contributed by atoms with Crippen LogP contribution in [0.3, 0.4) is 0 Å². The second-order valence-corrected chi connectivity index (χ2v) is 7.64. The summed E-state index contributed by atoms with van der Waals surface area (Å²) in [6, 6.07) is 11.2. The lowest BCUT2D eigenvalue weighted by atomic mass is 10.1. The van der Waals surface area contributed by atoms with Crippen LogP contribution in [0.1, 0.15) is 19.9 Å². The van der Waals surface area contributed by atoms with Gasteiger partial charge >= 0.3 is 0 Å². The largest absolute Gasteiger partial charge is 0.347 e. The van der Waals surface area contributed by atoms with Crippen molar-refractivity contribution in [1.82, 2.24) is 14.1 Å². The predicted molar refractivity (Wildman–Crippen MR) is 116 cm³/mol. The third-order valence-electron chi connectivity index (χ3n) is 5.10. The number of hydrogen-bond donors (Lipinski definition) is 1. The number of nitrogens with two attached hydrogens (primary N) is 1. The van der Waals surface area contributed by atoms with E-state index in [4.69, 9.17) is 33.9 Å². The van der Waals surface area contributed by atoms with Crippen LogP contribution in [0.2, 0.25) is 10.0 Å². The minimum Gasteiger partial charge on any atom is -0.347 e. The first-order valence-electron chi connectivity index (χ1n) is 9.15. The van der Waals surface area contributed by atoms with Crippen LogP contribution in [0.25, 0.3) is 33.2 Å². The second kappa shape index (κ2) is 7.24. The van der Waals surface area contributed by atoms with Gasteiger partial charge in [-0.05, 0) is 32.0 Å². The van der Waals surface area contributed by atoms with Gasteiger partial charge in [-0.15, -0.1) is 0 Å². The van der Waals surface area contributed by atoms with E-state index in [1.165, 1.54) is 0 Å². The maximum Gasteiger partial charge on any atom is 0.277 e. The van der Waals surface area contributed by atoms with E-state index in [-0.39, 0.29) is 11.6 Å². The first-order chi connectivity index (χ1) is 13.5. The summed E-state index contributed by atoms with van der Waals surface area (Å²) in [6.45, 7) is 5.08. The number of aryl methyl sites for hydroxylation is 1. The lowest BCUT2D eigenvalue weighted by molar-refractivity contribution is 0.558. The Hall–Kier alpha value is -2.34. The number of halogens is 2. The topological polar surface area (TPSA) is 65.8 Å². The molecular weight excluding hydrogens is 395 g/mol. The molecule has 0 radical (unpaired) electrons. The number of aromatic nitrogens is 3. The monoisotopic (exact) mass is 414 g/mol. The summed E-state index contributed by atoms with van der Waals surface area (Å²) in [6.07, 6.45) is 1.98. The van der Waals surface area contributed by atoms with E-state index in [0.717, 1.165) is 23.0 Å². The molecule has 0 amide bonds. The highest BCUT2D eigenvalue weighted by atomic mass is 35.5. The highest BCUT2D eigenvalue weighted by Gasteiger charge is 2.20. The van der Waals surface area contributed by atoms with Crippen LogP contribution in [0.5, 0.6) is 0 Å². The van der Waals surface area contributed by atoms with Gasteiger partial charge in [-0.3, -0.25) is 4.79 Å². The Kier molecular flexibility index (Phi) is 4.91. The zero-order valence-electron chi connectivity index (χ0n) is 15.6. The Morgan fingerprint density at radius 3 is 2.57 bits per heavy atom. The van der Waals surface area contributed by atoms with Crippen molar-refractivity contribution in [2.45, 2.75) is 26.4 Å². The lowest BCUT2D eigenvalue weighted by Crippen LogP contribution is -2.30. The molecule has 0 saturated heterocycles. The fraction of sp³-hybridized carbons (Fsp3) is 0.238. The van der Waals surface area contributed by atoms with Crippen molar-refractivity contribution in [2.24, 2.45) is 5.73 Å². The summed E-state index contributed by atoms with van der Waals surface area (Å²) in [7, 11) is 0. The molecule has 1 atom stereocenters. The molecule has 0 saturated carbocycles. The first kappa shape index (κ1) is 19.0. The number of rotatable bonds is 4. The third kappa shape index (κ3) is 2.91. The molecule has 0 spiro atoms. The van der Waals surface area contributed by atoms with Gasteiger partial charge in [-0.2, -0.15) is 0 Å². The highest BCUT2D eigenvalue weighted by Crippen LogP contribution is 2.32. The molecule has 1 unspecified atom stereocenters. The summed E-state index contributed by atoms with van der Waals surface area (Å²) in [5.74, 6) is 0.